The van der Waals surface area contributed by atoms with Crippen molar-refractivity contribution in [3.63, 3.8) is 0 Å². The fourth-order valence-corrected chi connectivity index (χ4v) is 3.36. The number of hydrogen-bond acceptors (Lipinski definition) is 4. The molecule has 0 aliphatic heterocycles. The van der Waals surface area contributed by atoms with Crippen molar-refractivity contribution in [2.75, 3.05) is 13.7 Å². The molecule has 3 rings (SSSR count). The highest BCUT2D eigenvalue weighted by Gasteiger charge is 2.22. The van der Waals surface area contributed by atoms with Gasteiger partial charge in [-0.25, -0.2) is 4.98 Å². The lowest BCUT2D eigenvalue weighted by molar-refractivity contribution is -0.123. The van der Waals surface area contributed by atoms with E-state index in [9.17, 15) is 4.79 Å². The lowest BCUT2D eigenvalue weighted by atomic mass is 10.0. The molecule has 0 radical (unpaired) electrons. The van der Waals surface area contributed by atoms with Crippen LogP contribution in [0.2, 0.25) is 0 Å². The Labute approximate surface area is 177 Å². The number of methoxy groups -OCH3 is 1. The predicted molar refractivity (Wildman–Crippen MR) is 117 cm³/mol. The summed E-state index contributed by atoms with van der Waals surface area (Å²) in [7, 11) is 3.52. The number of rotatable bonds is 8. The van der Waals surface area contributed by atoms with Crippen LogP contribution in [0.15, 0.2) is 54.9 Å². The van der Waals surface area contributed by atoms with Gasteiger partial charge in [0.05, 0.1) is 7.11 Å². The molecule has 0 aliphatic rings. The first kappa shape index (κ1) is 21.4. The highest BCUT2D eigenvalue weighted by Crippen LogP contribution is 2.28. The quantitative estimate of drug-likeness (QED) is 0.609. The lowest BCUT2D eigenvalue weighted by Gasteiger charge is -2.20. The van der Waals surface area contributed by atoms with Crippen molar-refractivity contribution in [1.82, 2.24) is 14.9 Å². The topological polar surface area (TPSA) is 65.4 Å². The standard InChI is InChI=1S/C24H29N3O3/c1-16(2)20-10-9-17(3)13-21(20)30-15-22(28)26-23(24-25-11-12-27(24)4)18-7-6-8-19(14-18)29-5/h6-14,16,23H,15H2,1-5H3,(H,26,28)/t23-/m0/s1. The molecule has 1 atom stereocenters. The number of carbonyl (C=O) groups excluding carboxylic acids is 1. The average molecular weight is 408 g/mol. The number of carbonyl (C=O) groups is 1. The molecule has 1 amide bonds. The molecule has 1 aromatic heterocycles. The summed E-state index contributed by atoms with van der Waals surface area (Å²) < 4.78 is 13.1. The summed E-state index contributed by atoms with van der Waals surface area (Å²) in [5.74, 6) is 2.28. The largest absolute Gasteiger partial charge is 0.497 e. The van der Waals surface area contributed by atoms with Crippen LogP contribution >= 0.6 is 0 Å². The van der Waals surface area contributed by atoms with Gasteiger partial charge >= 0.3 is 0 Å². The number of ether oxygens (including phenoxy) is 2. The Bertz CT molecular complexity index is 1010. The van der Waals surface area contributed by atoms with Crippen molar-refractivity contribution in [1.29, 1.82) is 0 Å². The van der Waals surface area contributed by atoms with Gasteiger partial charge in [0.15, 0.2) is 6.61 Å². The Morgan fingerprint density at radius 2 is 2.00 bits per heavy atom. The fourth-order valence-electron chi connectivity index (χ4n) is 3.36. The minimum atomic E-state index is -0.418. The number of aryl methyl sites for hydroxylation is 2. The zero-order chi connectivity index (χ0) is 21.7. The first-order valence-electron chi connectivity index (χ1n) is 10.0. The van der Waals surface area contributed by atoms with Crippen molar-refractivity contribution in [2.24, 2.45) is 7.05 Å². The van der Waals surface area contributed by atoms with Crippen LogP contribution in [0.5, 0.6) is 11.5 Å². The molecule has 0 unspecified atom stereocenters. The molecule has 0 fully saturated rings. The van der Waals surface area contributed by atoms with Gasteiger partial charge in [-0.2, -0.15) is 0 Å². The molecule has 0 aliphatic carbocycles. The maximum atomic E-state index is 12.8. The fraction of sp³-hybridized carbons (Fsp3) is 0.333. The molecule has 2 aromatic carbocycles. The summed E-state index contributed by atoms with van der Waals surface area (Å²) >= 11 is 0. The molecule has 6 nitrogen and oxygen atoms in total. The van der Waals surface area contributed by atoms with E-state index in [1.807, 2.05) is 55.1 Å². The highest BCUT2D eigenvalue weighted by molar-refractivity contribution is 5.78. The number of aromatic nitrogens is 2. The van der Waals surface area contributed by atoms with Crippen molar-refractivity contribution >= 4 is 5.91 Å². The van der Waals surface area contributed by atoms with Crippen LogP contribution < -0.4 is 14.8 Å². The molecule has 0 saturated carbocycles. The van der Waals surface area contributed by atoms with Crippen LogP contribution in [-0.2, 0) is 11.8 Å². The van der Waals surface area contributed by atoms with E-state index >= 15 is 0 Å². The molecule has 0 spiro atoms. The van der Waals surface area contributed by atoms with E-state index < -0.39 is 6.04 Å². The van der Waals surface area contributed by atoms with E-state index in [0.29, 0.717) is 5.92 Å². The lowest BCUT2D eigenvalue weighted by Crippen LogP contribution is -2.34. The minimum absolute atomic E-state index is 0.0753. The normalized spacial score (nSPS) is 11.9. The summed E-state index contributed by atoms with van der Waals surface area (Å²) in [5, 5.41) is 3.06. The molecule has 158 valence electrons. The Balaban J connectivity index is 1.79. The van der Waals surface area contributed by atoms with Gasteiger partial charge in [-0.05, 0) is 47.7 Å². The Morgan fingerprint density at radius 3 is 2.67 bits per heavy atom. The van der Waals surface area contributed by atoms with Gasteiger partial charge in [-0.15, -0.1) is 0 Å². The Hall–Kier alpha value is -3.28. The summed E-state index contributed by atoms with van der Waals surface area (Å²) in [6, 6.07) is 13.3. The van der Waals surface area contributed by atoms with Crippen LogP contribution in [0.1, 0.15) is 48.3 Å². The zero-order valence-corrected chi connectivity index (χ0v) is 18.2. The smallest absolute Gasteiger partial charge is 0.258 e. The molecule has 6 heteroatoms. The summed E-state index contributed by atoms with van der Waals surface area (Å²) in [4.78, 5) is 17.3. The third-order valence-corrected chi connectivity index (χ3v) is 5.00. The third kappa shape index (κ3) is 5.00. The molecule has 30 heavy (non-hydrogen) atoms. The first-order valence-corrected chi connectivity index (χ1v) is 10.0. The van der Waals surface area contributed by atoms with Gasteiger partial charge in [0.2, 0.25) is 0 Å². The van der Waals surface area contributed by atoms with Crippen molar-refractivity contribution in [3.8, 4) is 11.5 Å². The zero-order valence-electron chi connectivity index (χ0n) is 18.2. The van der Waals surface area contributed by atoms with Crippen LogP contribution in [0.4, 0.5) is 0 Å². The molecule has 3 aromatic rings. The Kier molecular flexibility index (Phi) is 6.77. The average Bonchev–Trinajstić information content (AvgIpc) is 3.15. The highest BCUT2D eigenvalue weighted by atomic mass is 16.5. The number of benzene rings is 2. The van der Waals surface area contributed by atoms with E-state index in [0.717, 1.165) is 34.0 Å². The van der Waals surface area contributed by atoms with Gasteiger partial charge in [0, 0.05) is 19.4 Å². The SMILES string of the molecule is COc1cccc([C@H](NC(=O)COc2cc(C)ccc2C(C)C)c2nccn2C)c1. The molecular weight excluding hydrogens is 378 g/mol. The van der Waals surface area contributed by atoms with Crippen molar-refractivity contribution in [2.45, 2.75) is 32.7 Å². The summed E-state index contributed by atoms with van der Waals surface area (Å²) in [6.45, 7) is 6.15. The minimum Gasteiger partial charge on any atom is -0.497 e. The van der Waals surface area contributed by atoms with Crippen LogP contribution in [0.3, 0.4) is 0 Å². The second kappa shape index (κ2) is 9.48. The van der Waals surface area contributed by atoms with Gasteiger partial charge in [0.25, 0.3) is 5.91 Å². The van der Waals surface area contributed by atoms with Gasteiger partial charge in [-0.1, -0.05) is 38.1 Å². The van der Waals surface area contributed by atoms with Crippen molar-refractivity contribution < 1.29 is 14.3 Å². The molecule has 0 saturated heterocycles. The van der Waals surface area contributed by atoms with E-state index in [1.54, 1.807) is 13.3 Å². The maximum absolute atomic E-state index is 12.8. The van der Waals surface area contributed by atoms with Crippen LogP contribution in [0.25, 0.3) is 0 Å². The summed E-state index contributed by atoms with van der Waals surface area (Å²) in [6.07, 6.45) is 3.57. The monoisotopic (exact) mass is 407 g/mol. The second-order valence-corrected chi connectivity index (χ2v) is 7.66. The van der Waals surface area contributed by atoms with Crippen LogP contribution in [-0.4, -0.2) is 29.2 Å². The number of nitrogens with zero attached hydrogens (tertiary/aromatic N) is 2. The summed E-state index contributed by atoms with van der Waals surface area (Å²) in [5.41, 5.74) is 3.06. The van der Waals surface area contributed by atoms with E-state index in [-0.39, 0.29) is 12.5 Å². The third-order valence-electron chi connectivity index (χ3n) is 5.00. The number of imidazole rings is 1. The van der Waals surface area contributed by atoms with Gasteiger partial charge in [0.1, 0.15) is 23.4 Å². The molecule has 1 heterocycles. The number of hydrogen-bond donors (Lipinski definition) is 1. The van der Waals surface area contributed by atoms with E-state index in [2.05, 4.69) is 36.3 Å². The number of nitrogens with one attached hydrogen (secondary N) is 1. The van der Waals surface area contributed by atoms with Gasteiger partial charge in [-0.3, -0.25) is 4.79 Å². The maximum Gasteiger partial charge on any atom is 0.258 e. The van der Waals surface area contributed by atoms with Gasteiger partial charge < -0.3 is 19.4 Å². The van der Waals surface area contributed by atoms with E-state index in [1.165, 1.54) is 0 Å². The second-order valence-electron chi connectivity index (χ2n) is 7.66. The van der Waals surface area contributed by atoms with E-state index in [4.69, 9.17) is 9.47 Å². The van der Waals surface area contributed by atoms with Crippen LogP contribution in [0, 0.1) is 6.92 Å². The molecular formula is C24H29N3O3. The number of amides is 1. The molecule has 1 N–H and O–H groups in total. The first-order chi connectivity index (χ1) is 14.4. The van der Waals surface area contributed by atoms with Crippen molar-refractivity contribution in [3.05, 3.63) is 77.4 Å². The Morgan fingerprint density at radius 1 is 1.20 bits per heavy atom. The predicted octanol–water partition coefficient (Wildman–Crippen LogP) is 4.15. The molecule has 0 bridgehead atoms.